The Bertz CT molecular complexity index is 1130. The van der Waals surface area contributed by atoms with Crippen LogP contribution in [0.3, 0.4) is 0 Å². The van der Waals surface area contributed by atoms with Crippen molar-refractivity contribution in [1.29, 1.82) is 0 Å². The molecule has 0 saturated carbocycles. The van der Waals surface area contributed by atoms with Crippen LogP contribution in [0.1, 0.15) is 63.8 Å². The molecule has 4 atom stereocenters. The molecular weight excluding hydrogens is 505 g/mol. The number of aliphatic carboxylic acids is 1. The zero-order chi connectivity index (χ0) is 26.8. The van der Waals surface area contributed by atoms with E-state index in [9.17, 15) is 19.5 Å². The fraction of sp³-hybridized carbons (Fsp3) is 0.444. The van der Waals surface area contributed by atoms with Crippen LogP contribution in [0.15, 0.2) is 48.5 Å². The molecule has 1 amide bonds. The minimum absolute atomic E-state index is 0.120. The van der Waals surface area contributed by atoms with Gasteiger partial charge in [-0.1, -0.05) is 75.2 Å². The normalized spacial score (nSPS) is 22.1. The maximum Gasteiger partial charge on any atom is 0.330 e. The van der Waals surface area contributed by atoms with Gasteiger partial charge in [-0.15, -0.1) is 0 Å². The van der Waals surface area contributed by atoms with Crippen LogP contribution in [0, 0.1) is 5.41 Å². The van der Waals surface area contributed by atoms with E-state index in [0.717, 1.165) is 0 Å². The zero-order valence-corrected chi connectivity index (χ0v) is 22.5. The van der Waals surface area contributed by atoms with Crippen molar-refractivity contribution in [1.82, 2.24) is 4.90 Å². The summed E-state index contributed by atoms with van der Waals surface area (Å²) in [6, 6.07) is 13.0. The average Bonchev–Trinajstić information content (AvgIpc) is 2.81. The number of morpholine rings is 1. The highest BCUT2D eigenvalue weighted by Gasteiger charge is 2.60. The van der Waals surface area contributed by atoms with Crippen molar-refractivity contribution in [2.75, 3.05) is 7.11 Å². The second-order valence-corrected chi connectivity index (χ2v) is 10.7. The molecule has 0 aliphatic carbocycles. The number of hydrogen-bond acceptors (Lipinski definition) is 5. The summed E-state index contributed by atoms with van der Waals surface area (Å²) in [5.41, 5.74) is -1.25. The first-order valence-electron chi connectivity index (χ1n) is 11.7. The molecule has 0 radical (unpaired) electrons. The highest BCUT2D eigenvalue weighted by atomic mass is 35.5. The first kappa shape index (κ1) is 28.0. The number of halogens is 2. The number of hydrogen-bond donors (Lipinski definition) is 1. The highest BCUT2D eigenvalue weighted by Crippen LogP contribution is 2.51. The smallest absolute Gasteiger partial charge is 0.330 e. The van der Waals surface area contributed by atoms with E-state index >= 15 is 0 Å². The van der Waals surface area contributed by atoms with Crippen molar-refractivity contribution < 1.29 is 29.0 Å². The number of esters is 1. The Labute approximate surface area is 221 Å². The van der Waals surface area contributed by atoms with Gasteiger partial charge in [-0.05, 0) is 47.2 Å². The van der Waals surface area contributed by atoms with E-state index in [1.807, 2.05) is 0 Å². The monoisotopic (exact) mass is 535 g/mol. The molecule has 3 rings (SSSR count). The quantitative estimate of drug-likeness (QED) is 0.447. The van der Waals surface area contributed by atoms with Crippen molar-refractivity contribution in [3.8, 4) is 0 Å². The number of ether oxygens (including phenoxy) is 2. The SMILES string of the molecule is CC[C@@](C(=O)O)(N1C(=O)[C@@H](CC(=O)OC)O[C@H](c2cccc(Cl)c2)[C@H]1c1ccc(Cl)cc1)C(C)(C)C. The molecule has 1 N–H and O–H groups in total. The van der Waals surface area contributed by atoms with Crippen molar-refractivity contribution in [2.24, 2.45) is 5.41 Å². The van der Waals surface area contributed by atoms with Crippen LogP contribution in [-0.4, -0.2) is 46.6 Å². The Morgan fingerprint density at radius 1 is 1.06 bits per heavy atom. The van der Waals surface area contributed by atoms with Gasteiger partial charge in [0.15, 0.2) is 0 Å². The van der Waals surface area contributed by atoms with Gasteiger partial charge in [0.2, 0.25) is 0 Å². The summed E-state index contributed by atoms with van der Waals surface area (Å²) in [6.45, 7) is 7.10. The summed E-state index contributed by atoms with van der Waals surface area (Å²) >= 11 is 12.5. The molecule has 2 aromatic rings. The number of nitrogens with zero attached hydrogens (tertiary/aromatic N) is 1. The van der Waals surface area contributed by atoms with E-state index in [1.165, 1.54) is 12.0 Å². The van der Waals surface area contributed by atoms with Gasteiger partial charge in [0.05, 0.1) is 19.6 Å². The number of carboxylic acids is 1. The first-order chi connectivity index (χ1) is 16.9. The molecule has 0 bridgehead atoms. The largest absolute Gasteiger partial charge is 0.479 e. The maximum absolute atomic E-state index is 14.1. The molecule has 1 heterocycles. The molecular formula is C27H31Cl2NO6. The predicted molar refractivity (Wildman–Crippen MR) is 137 cm³/mol. The molecule has 0 unspecified atom stereocenters. The zero-order valence-electron chi connectivity index (χ0n) is 21.0. The Balaban J connectivity index is 2.36. The van der Waals surface area contributed by atoms with Crippen molar-refractivity contribution >= 4 is 41.0 Å². The molecule has 9 heteroatoms. The molecule has 194 valence electrons. The lowest BCUT2D eigenvalue weighted by molar-refractivity contribution is -0.207. The molecule has 1 saturated heterocycles. The molecule has 36 heavy (non-hydrogen) atoms. The van der Waals surface area contributed by atoms with Crippen molar-refractivity contribution in [2.45, 2.75) is 64.3 Å². The third-order valence-electron chi connectivity index (χ3n) is 6.87. The van der Waals surface area contributed by atoms with Gasteiger partial charge in [0.25, 0.3) is 5.91 Å². The maximum atomic E-state index is 14.1. The molecule has 7 nitrogen and oxygen atoms in total. The molecule has 2 aromatic carbocycles. The standard InChI is InChI=1S/C27H31Cl2NO6/c1-6-27(25(33)34,26(2,3)4)30-22(16-10-12-18(28)13-11-16)23(17-8-7-9-19(29)14-17)36-20(24(30)32)15-21(31)35-5/h7-14,20,22-23H,6,15H2,1-5H3,(H,33,34)/t20-,22-,23-,27+/m1/s1. The molecule has 1 aliphatic heterocycles. The van der Waals surface area contributed by atoms with E-state index in [-0.39, 0.29) is 12.8 Å². The number of methoxy groups -OCH3 is 1. The van der Waals surface area contributed by atoms with Crippen LogP contribution in [0.25, 0.3) is 0 Å². The van der Waals surface area contributed by atoms with Crippen LogP contribution in [-0.2, 0) is 23.9 Å². The lowest BCUT2D eigenvalue weighted by atomic mass is 9.68. The topological polar surface area (TPSA) is 93.1 Å². The van der Waals surface area contributed by atoms with Gasteiger partial charge in [-0.2, -0.15) is 0 Å². The van der Waals surface area contributed by atoms with Gasteiger partial charge in [0.1, 0.15) is 17.7 Å². The number of amides is 1. The number of rotatable bonds is 7. The third-order valence-corrected chi connectivity index (χ3v) is 7.36. The molecule has 0 spiro atoms. The van der Waals surface area contributed by atoms with Gasteiger partial charge < -0.3 is 19.5 Å². The van der Waals surface area contributed by atoms with Crippen LogP contribution in [0.5, 0.6) is 0 Å². The minimum Gasteiger partial charge on any atom is -0.479 e. The number of carbonyl (C=O) groups is 3. The van der Waals surface area contributed by atoms with Crippen LogP contribution < -0.4 is 0 Å². The Hall–Kier alpha value is -2.61. The lowest BCUT2D eigenvalue weighted by Gasteiger charge is -2.56. The highest BCUT2D eigenvalue weighted by molar-refractivity contribution is 6.30. The van der Waals surface area contributed by atoms with E-state index < -0.39 is 47.0 Å². The minimum atomic E-state index is -1.64. The average molecular weight is 536 g/mol. The third kappa shape index (κ3) is 5.10. The second-order valence-electron chi connectivity index (χ2n) is 9.85. The van der Waals surface area contributed by atoms with E-state index in [0.29, 0.717) is 21.2 Å². The second kappa shape index (κ2) is 10.8. The lowest BCUT2D eigenvalue weighted by Crippen LogP contribution is -2.69. The summed E-state index contributed by atoms with van der Waals surface area (Å²) < 4.78 is 11.1. The number of benzene rings is 2. The summed E-state index contributed by atoms with van der Waals surface area (Å²) in [4.78, 5) is 40.8. The molecule has 1 fully saturated rings. The van der Waals surface area contributed by atoms with Gasteiger partial charge in [-0.25, -0.2) is 4.79 Å². The first-order valence-corrected chi connectivity index (χ1v) is 12.4. The van der Waals surface area contributed by atoms with Gasteiger partial charge in [0, 0.05) is 10.0 Å². The number of carboxylic acid groups (broad SMARTS) is 1. The van der Waals surface area contributed by atoms with Crippen LogP contribution in [0.2, 0.25) is 10.0 Å². The van der Waals surface area contributed by atoms with Gasteiger partial charge >= 0.3 is 11.9 Å². The number of carbonyl (C=O) groups excluding carboxylic acids is 2. The van der Waals surface area contributed by atoms with E-state index in [4.69, 9.17) is 32.7 Å². The fourth-order valence-corrected chi connectivity index (χ4v) is 5.42. The van der Waals surface area contributed by atoms with Gasteiger partial charge in [-0.3, -0.25) is 9.59 Å². The van der Waals surface area contributed by atoms with Crippen molar-refractivity contribution in [3.05, 3.63) is 69.7 Å². The van der Waals surface area contributed by atoms with Crippen molar-refractivity contribution in [3.63, 3.8) is 0 Å². The molecule has 0 aromatic heterocycles. The summed E-state index contributed by atoms with van der Waals surface area (Å²) in [5, 5.41) is 11.6. The van der Waals surface area contributed by atoms with Crippen LogP contribution in [0.4, 0.5) is 0 Å². The summed E-state index contributed by atoms with van der Waals surface area (Å²) in [6.07, 6.45) is -2.32. The Morgan fingerprint density at radius 2 is 1.69 bits per heavy atom. The Morgan fingerprint density at radius 3 is 2.19 bits per heavy atom. The van der Waals surface area contributed by atoms with E-state index in [1.54, 1.807) is 76.2 Å². The fourth-order valence-electron chi connectivity index (χ4n) is 5.10. The molecule has 1 aliphatic rings. The predicted octanol–water partition coefficient (Wildman–Crippen LogP) is 5.85. The summed E-state index contributed by atoms with van der Waals surface area (Å²) in [7, 11) is 1.22. The summed E-state index contributed by atoms with van der Waals surface area (Å²) in [5.74, 6) is -2.39. The van der Waals surface area contributed by atoms with Crippen LogP contribution >= 0.6 is 23.2 Å². The Kier molecular flexibility index (Phi) is 8.38. The van der Waals surface area contributed by atoms with E-state index in [2.05, 4.69) is 0 Å².